The van der Waals surface area contributed by atoms with E-state index in [1.54, 1.807) is 32.2 Å². The van der Waals surface area contributed by atoms with Crippen LogP contribution in [-0.2, 0) is 6.42 Å². The van der Waals surface area contributed by atoms with Crippen LogP contribution in [0.5, 0.6) is 0 Å². The molecule has 0 radical (unpaired) electrons. The molecule has 4 nitrogen and oxygen atoms in total. The van der Waals surface area contributed by atoms with E-state index in [1.165, 1.54) is 6.08 Å². The molecule has 1 atom stereocenters. The summed E-state index contributed by atoms with van der Waals surface area (Å²) in [5, 5.41) is 3.48. The number of alkyl halides is 3. The van der Waals surface area contributed by atoms with E-state index in [4.69, 9.17) is 4.42 Å². The lowest BCUT2D eigenvalue weighted by molar-refractivity contribution is -0.0883. The molecule has 0 saturated heterocycles. The Morgan fingerprint density at radius 1 is 1.34 bits per heavy atom. The summed E-state index contributed by atoms with van der Waals surface area (Å²) in [4.78, 5) is 9.07. The van der Waals surface area contributed by atoms with Crippen LogP contribution in [0.4, 0.5) is 19.0 Å². The van der Waals surface area contributed by atoms with Crippen LogP contribution >= 0.6 is 0 Å². The van der Waals surface area contributed by atoms with Gasteiger partial charge in [0, 0.05) is 11.8 Å². The van der Waals surface area contributed by atoms with Crippen LogP contribution in [0.25, 0.3) is 5.57 Å². The van der Waals surface area contributed by atoms with Gasteiger partial charge in [0.15, 0.2) is 0 Å². The summed E-state index contributed by atoms with van der Waals surface area (Å²) in [5.41, 5.74) is 1.50. The molecule has 7 heteroatoms. The molecular weight excluding hydrogens is 415 g/mol. The van der Waals surface area contributed by atoms with Crippen molar-refractivity contribution in [1.29, 1.82) is 0 Å². The first-order chi connectivity index (χ1) is 15.2. The number of hydrogen-bond donors (Lipinski definition) is 1. The molecule has 0 aliphatic heterocycles. The maximum atomic E-state index is 13.5. The fourth-order valence-corrected chi connectivity index (χ4v) is 3.85. The number of nitrogens with one attached hydrogen (secondary N) is 1. The smallest absolute Gasteiger partial charge is 0.416 e. The van der Waals surface area contributed by atoms with Crippen LogP contribution < -0.4 is 5.32 Å². The van der Waals surface area contributed by atoms with Crippen molar-refractivity contribution < 1.29 is 17.6 Å². The summed E-state index contributed by atoms with van der Waals surface area (Å²) in [7, 11) is 0. The number of nitrogens with zero attached hydrogens (tertiary/aromatic N) is 2. The number of halogens is 3. The second-order valence-electron chi connectivity index (χ2n) is 8.18. The quantitative estimate of drug-likeness (QED) is 0.447. The molecule has 0 fully saturated rings. The molecule has 2 heterocycles. The highest BCUT2D eigenvalue weighted by Gasteiger charge is 2.33. The van der Waals surface area contributed by atoms with Crippen molar-refractivity contribution in [2.24, 2.45) is 0 Å². The number of rotatable bonds is 7. The van der Waals surface area contributed by atoms with E-state index in [1.807, 2.05) is 12.1 Å². The first-order valence-corrected chi connectivity index (χ1v) is 11.1. The van der Waals surface area contributed by atoms with Gasteiger partial charge in [-0.1, -0.05) is 45.1 Å². The molecule has 0 bridgehead atoms. The minimum Gasteiger partial charge on any atom is -0.439 e. The fraction of sp³-hybridized carbons (Fsp3) is 0.440. The van der Waals surface area contributed by atoms with Crippen molar-refractivity contribution in [3.05, 3.63) is 71.1 Å². The van der Waals surface area contributed by atoms with Gasteiger partial charge in [0.05, 0.1) is 17.3 Å². The van der Waals surface area contributed by atoms with Gasteiger partial charge in [-0.15, -0.1) is 0 Å². The number of allylic oxidation sites excluding steroid dienone is 6. The summed E-state index contributed by atoms with van der Waals surface area (Å²) in [6.45, 7) is 7.65. The van der Waals surface area contributed by atoms with Gasteiger partial charge in [-0.2, -0.15) is 13.2 Å². The molecule has 0 aromatic carbocycles. The molecule has 2 aromatic rings. The number of pyridine rings is 1. The highest BCUT2D eigenvalue weighted by atomic mass is 19.4. The SMILES string of the molecule is C\C=C/C(=C\C(=C\CC)C(F)(F)F)c1nc2c(o1)C(Nc1ncccc1C(C)C)CCC2. The van der Waals surface area contributed by atoms with Crippen molar-refractivity contribution in [3.63, 3.8) is 0 Å². The molecule has 1 aliphatic rings. The Morgan fingerprint density at radius 2 is 2.12 bits per heavy atom. The minimum absolute atomic E-state index is 0.132. The van der Waals surface area contributed by atoms with Gasteiger partial charge in [0.25, 0.3) is 0 Å². The van der Waals surface area contributed by atoms with Crippen molar-refractivity contribution >= 4 is 11.4 Å². The van der Waals surface area contributed by atoms with E-state index in [9.17, 15) is 13.2 Å². The van der Waals surface area contributed by atoms with E-state index >= 15 is 0 Å². The Bertz CT molecular complexity index is 1020. The lowest BCUT2D eigenvalue weighted by atomic mass is 9.96. The highest BCUT2D eigenvalue weighted by Crippen LogP contribution is 2.37. The molecule has 3 rings (SSSR count). The van der Waals surface area contributed by atoms with Gasteiger partial charge in [-0.05, 0) is 56.2 Å². The molecule has 0 amide bonds. The third-order valence-corrected chi connectivity index (χ3v) is 5.38. The van der Waals surface area contributed by atoms with E-state index in [2.05, 4.69) is 29.1 Å². The number of oxazole rings is 1. The zero-order valence-electron chi connectivity index (χ0n) is 19.0. The zero-order chi connectivity index (χ0) is 23.3. The van der Waals surface area contributed by atoms with Gasteiger partial charge in [-0.25, -0.2) is 9.97 Å². The number of fused-ring (bicyclic) bond motifs is 1. The van der Waals surface area contributed by atoms with Crippen molar-refractivity contribution in [2.75, 3.05) is 5.32 Å². The van der Waals surface area contributed by atoms with Gasteiger partial charge in [-0.3, -0.25) is 0 Å². The summed E-state index contributed by atoms with van der Waals surface area (Å²) < 4.78 is 46.4. The van der Waals surface area contributed by atoms with Gasteiger partial charge < -0.3 is 9.73 Å². The standard InChI is InChI=1S/C25H30F3N3O/c1-5-9-17(15-18(10-6-2)25(26,27)28)24-31-21-13-7-12-20(22(21)32-24)30-23-19(16(3)4)11-8-14-29-23/h5,8-11,14-16,20H,6-7,12-13H2,1-4H3,(H,29,30)/b9-5-,17-15+,18-10-. The summed E-state index contributed by atoms with van der Waals surface area (Å²) in [6, 6.07) is 3.82. The first-order valence-electron chi connectivity index (χ1n) is 11.1. The van der Waals surface area contributed by atoms with Crippen molar-refractivity contribution in [1.82, 2.24) is 9.97 Å². The monoisotopic (exact) mass is 445 g/mol. The number of anilines is 1. The molecule has 2 aromatic heterocycles. The van der Waals surface area contributed by atoms with Crippen LogP contribution in [0.2, 0.25) is 0 Å². The lowest BCUT2D eigenvalue weighted by Crippen LogP contribution is -2.18. The van der Waals surface area contributed by atoms with Crippen LogP contribution in [0.3, 0.4) is 0 Å². The predicted molar refractivity (Wildman–Crippen MR) is 121 cm³/mol. The molecule has 1 unspecified atom stereocenters. The summed E-state index contributed by atoms with van der Waals surface area (Å²) in [6.07, 6.45) is 5.64. The second kappa shape index (κ2) is 10.2. The molecule has 32 heavy (non-hydrogen) atoms. The van der Waals surface area contributed by atoms with E-state index in [-0.39, 0.29) is 18.4 Å². The average Bonchev–Trinajstić information content (AvgIpc) is 3.18. The molecule has 0 spiro atoms. The Balaban J connectivity index is 1.98. The Kier molecular flexibility index (Phi) is 7.59. The minimum atomic E-state index is -4.44. The van der Waals surface area contributed by atoms with E-state index in [0.717, 1.165) is 42.4 Å². The Morgan fingerprint density at radius 3 is 2.78 bits per heavy atom. The average molecular weight is 446 g/mol. The van der Waals surface area contributed by atoms with Crippen LogP contribution in [-0.4, -0.2) is 16.1 Å². The van der Waals surface area contributed by atoms with Gasteiger partial charge >= 0.3 is 6.18 Å². The Labute approximate surface area is 187 Å². The molecular formula is C25H30F3N3O. The lowest BCUT2D eigenvalue weighted by Gasteiger charge is -2.23. The van der Waals surface area contributed by atoms with Crippen LogP contribution in [0.15, 0.2) is 52.6 Å². The topological polar surface area (TPSA) is 51.0 Å². The maximum Gasteiger partial charge on any atom is 0.416 e. The molecule has 1 N–H and O–H groups in total. The highest BCUT2D eigenvalue weighted by molar-refractivity contribution is 5.71. The number of aromatic nitrogens is 2. The van der Waals surface area contributed by atoms with Crippen molar-refractivity contribution in [3.8, 4) is 0 Å². The number of hydrogen-bond acceptors (Lipinski definition) is 4. The molecule has 0 saturated carbocycles. The summed E-state index contributed by atoms with van der Waals surface area (Å²) in [5.74, 6) is 1.98. The fourth-order valence-electron chi connectivity index (χ4n) is 3.85. The van der Waals surface area contributed by atoms with E-state index in [0.29, 0.717) is 17.3 Å². The Hall–Kier alpha value is -2.83. The van der Waals surface area contributed by atoms with Crippen LogP contribution in [0.1, 0.15) is 81.8 Å². The van der Waals surface area contributed by atoms with E-state index < -0.39 is 11.7 Å². The van der Waals surface area contributed by atoms with Crippen LogP contribution in [0, 0.1) is 0 Å². The number of aryl methyl sites for hydroxylation is 1. The van der Waals surface area contributed by atoms with Gasteiger partial charge in [0.2, 0.25) is 5.89 Å². The molecule has 172 valence electrons. The third-order valence-electron chi connectivity index (χ3n) is 5.38. The van der Waals surface area contributed by atoms with Crippen molar-refractivity contribution in [2.45, 2.75) is 71.5 Å². The zero-order valence-corrected chi connectivity index (χ0v) is 19.0. The maximum absolute atomic E-state index is 13.5. The van der Waals surface area contributed by atoms with Gasteiger partial charge in [0.1, 0.15) is 11.6 Å². The predicted octanol–water partition coefficient (Wildman–Crippen LogP) is 7.54. The summed E-state index contributed by atoms with van der Waals surface area (Å²) >= 11 is 0. The second-order valence-corrected chi connectivity index (χ2v) is 8.18. The normalized spacial score (nSPS) is 17.8. The largest absolute Gasteiger partial charge is 0.439 e. The third kappa shape index (κ3) is 5.50. The molecule has 1 aliphatic carbocycles. The first kappa shape index (κ1) is 23.8.